The Bertz CT molecular complexity index is 2840. The summed E-state index contributed by atoms with van der Waals surface area (Å²) in [5, 5.41) is 25.8. The average Bonchev–Trinajstić information content (AvgIpc) is 4.04. The van der Waals surface area contributed by atoms with Crippen molar-refractivity contribution >= 4 is 61.6 Å². The molecule has 5 atom stereocenters. The highest BCUT2D eigenvalue weighted by Gasteiger charge is 2.36. The van der Waals surface area contributed by atoms with Gasteiger partial charge in [-0.25, -0.2) is 23.0 Å². The number of thioether (sulfide) groups is 1. The summed E-state index contributed by atoms with van der Waals surface area (Å²) in [5.74, 6) is 1.65. The van der Waals surface area contributed by atoms with E-state index in [1.165, 1.54) is 27.1 Å². The molecule has 3 fully saturated rings. The summed E-state index contributed by atoms with van der Waals surface area (Å²) in [5.41, 5.74) is 15.2. The summed E-state index contributed by atoms with van der Waals surface area (Å²) in [4.78, 5) is 67.7. The number of nitrogens with two attached hydrogens (primary N) is 1. The van der Waals surface area contributed by atoms with Crippen molar-refractivity contribution in [1.82, 2.24) is 34.0 Å². The first-order valence-electron chi connectivity index (χ1n) is 20.7. The molecule has 0 bridgehead atoms. The number of ether oxygens (including phenoxy) is 2. The number of aliphatic hydroxyl groups is 2. The van der Waals surface area contributed by atoms with E-state index in [9.17, 15) is 27.6 Å². The van der Waals surface area contributed by atoms with E-state index < -0.39 is 45.3 Å². The second kappa shape index (κ2) is 21.7. The molecule has 7 heterocycles. The Morgan fingerprint density at radius 2 is 1.82 bits per heavy atom. The summed E-state index contributed by atoms with van der Waals surface area (Å²) >= 11 is 1.47. The summed E-state index contributed by atoms with van der Waals surface area (Å²) in [6, 6.07) is 12.2. The van der Waals surface area contributed by atoms with Crippen LogP contribution < -0.4 is 37.6 Å². The number of aromatic nitrogens is 6. The van der Waals surface area contributed by atoms with Crippen LogP contribution in [0.4, 0.5) is 23.0 Å². The molecule has 8 N–H and O–H groups in total. The van der Waals surface area contributed by atoms with Crippen molar-refractivity contribution in [3.63, 3.8) is 0 Å². The number of pyridine rings is 1. The van der Waals surface area contributed by atoms with Crippen LogP contribution in [0.5, 0.6) is 0 Å². The van der Waals surface area contributed by atoms with Crippen LogP contribution in [0.3, 0.4) is 0 Å². The van der Waals surface area contributed by atoms with Crippen LogP contribution in [0.25, 0.3) is 21.3 Å². The van der Waals surface area contributed by atoms with Crippen LogP contribution >= 0.6 is 11.8 Å². The third kappa shape index (κ3) is 12.5. The van der Waals surface area contributed by atoms with E-state index in [0.29, 0.717) is 54.9 Å². The number of anilines is 4. The van der Waals surface area contributed by atoms with E-state index in [-0.39, 0.29) is 43.0 Å². The zero-order valence-corrected chi connectivity index (χ0v) is 38.1. The van der Waals surface area contributed by atoms with Crippen molar-refractivity contribution in [2.75, 3.05) is 72.1 Å². The minimum Gasteiger partial charge on any atom is -0.394 e. The molecular weight excluding hydrogens is 901 g/mol. The van der Waals surface area contributed by atoms with Gasteiger partial charge in [0.2, 0.25) is 10.0 Å². The van der Waals surface area contributed by atoms with Gasteiger partial charge in [0.1, 0.15) is 29.4 Å². The predicted molar refractivity (Wildman–Crippen MR) is 249 cm³/mol. The number of nitrogens with one attached hydrogen (secondary N) is 4. The number of hydrogen-bond acceptors (Lipinski definition) is 17. The summed E-state index contributed by atoms with van der Waals surface area (Å²) in [6.07, 6.45) is 4.41. The quantitative estimate of drug-likeness (QED) is 0.0565. The van der Waals surface area contributed by atoms with Gasteiger partial charge < -0.3 is 45.5 Å². The summed E-state index contributed by atoms with van der Waals surface area (Å²) in [6.45, 7) is 7.95. The number of aliphatic hydroxyl groups excluding tert-OH is 2. The normalized spacial score (nSPS) is 20.5. The van der Waals surface area contributed by atoms with Crippen molar-refractivity contribution in [2.45, 2.75) is 63.3 Å². The lowest BCUT2D eigenvalue weighted by atomic mass is 10.1. The lowest BCUT2D eigenvalue weighted by molar-refractivity contribution is -0.0271. The number of hydrogen-bond donors (Lipinski definition) is 7. The summed E-state index contributed by atoms with van der Waals surface area (Å²) < 4.78 is 38.9. The van der Waals surface area contributed by atoms with Gasteiger partial charge in [0.15, 0.2) is 5.82 Å². The zero-order valence-electron chi connectivity index (χ0n) is 36.5. The number of H-pyrrole nitrogens is 2. The standard InChI is InChI=1S/C22H28N6O3S.C10H13N5O4.C8H11N3O3S/c1-15(2)24-19-5-4-8-23-21(19)27-9-11-28(12-10-27)22(29)20-14-16-13-17(26-32(3,30)31)6-7-18(16)25-20;1-5-3-15(10(18)12-9(5)17)8-2-6(13-14-11)7(4-16)19-8;9-5-1-2-11(8(13)10-5)6-4-15-7(3-12)14-6/h4-8,13-15,24-26H,9-12H2,1-3H3;3,6-8,16H,2,4H2,1H3,(H,12,17,18);1-2,6-7,12H,3-4H2,(H2,9,10,13)/t;6?,7-,8-;6-,7+/m.10/s1. The number of benzene rings is 1. The van der Waals surface area contributed by atoms with E-state index in [1.54, 1.807) is 49.6 Å². The molecular formula is C40H52N14O10S2. The molecule has 0 radical (unpaired) electrons. The smallest absolute Gasteiger partial charge is 0.351 e. The number of aromatic amines is 2. The molecule has 0 saturated carbocycles. The van der Waals surface area contributed by atoms with Gasteiger partial charge in [0.25, 0.3) is 11.5 Å². The first-order chi connectivity index (χ1) is 31.5. The Hall–Kier alpha value is -6.41. The van der Waals surface area contributed by atoms with Crippen molar-refractivity contribution in [2.24, 2.45) is 5.11 Å². The van der Waals surface area contributed by atoms with Crippen LogP contribution in [-0.2, 0) is 19.5 Å². The van der Waals surface area contributed by atoms with Crippen LogP contribution in [-0.4, -0.2) is 134 Å². The topological polar surface area (TPSA) is 334 Å². The third-order valence-electron chi connectivity index (χ3n) is 10.3. The van der Waals surface area contributed by atoms with E-state index in [4.69, 9.17) is 31.0 Å². The molecule has 66 heavy (non-hydrogen) atoms. The molecule has 3 aliphatic heterocycles. The minimum atomic E-state index is -3.36. The highest BCUT2D eigenvalue weighted by atomic mass is 32.2. The highest BCUT2D eigenvalue weighted by Crippen LogP contribution is 2.31. The molecule has 354 valence electrons. The third-order valence-corrected chi connectivity index (χ3v) is 12.1. The van der Waals surface area contributed by atoms with Gasteiger partial charge in [0, 0.05) is 90.1 Å². The van der Waals surface area contributed by atoms with E-state index in [2.05, 4.69) is 58.7 Å². The van der Waals surface area contributed by atoms with Gasteiger partial charge in [-0.3, -0.25) is 28.4 Å². The molecule has 0 spiro atoms. The maximum atomic E-state index is 13.1. The Balaban J connectivity index is 0.000000179. The van der Waals surface area contributed by atoms with Crippen LogP contribution in [0.15, 0.2) is 80.6 Å². The number of sulfonamides is 1. The molecule has 0 aliphatic carbocycles. The number of amides is 1. The number of piperazine rings is 1. The van der Waals surface area contributed by atoms with Gasteiger partial charge in [-0.2, -0.15) is 4.98 Å². The molecule has 5 aromatic rings. The Labute approximate surface area is 381 Å². The number of aryl methyl sites for hydroxylation is 1. The number of carbonyl (C=O) groups excluding carboxylic acids is 1. The molecule has 3 saturated heterocycles. The number of rotatable bonds is 11. The molecule has 24 nitrogen and oxygen atoms in total. The monoisotopic (exact) mass is 952 g/mol. The first kappa shape index (κ1) is 49.0. The lowest BCUT2D eigenvalue weighted by Crippen LogP contribution is -2.49. The molecule has 3 aliphatic rings. The van der Waals surface area contributed by atoms with Crippen molar-refractivity contribution < 1.29 is 32.9 Å². The van der Waals surface area contributed by atoms with Gasteiger partial charge in [-0.15, -0.1) is 11.8 Å². The summed E-state index contributed by atoms with van der Waals surface area (Å²) in [7, 11) is -3.36. The maximum absolute atomic E-state index is 13.1. The van der Waals surface area contributed by atoms with Gasteiger partial charge in [0.05, 0.1) is 37.3 Å². The van der Waals surface area contributed by atoms with Crippen LogP contribution in [0.1, 0.15) is 48.8 Å². The highest BCUT2D eigenvalue weighted by molar-refractivity contribution is 8.00. The van der Waals surface area contributed by atoms with Gasteiger partial charge in [-0.05, 0) is 68.8 Å². The lowest BCUT2D eigenvalue weighted by Gasteiger charge is -2.36. The van der Waals surface area contributed by atoms with E-state index in [0.717, 1.165) is 28.7 Å². The number of nitrogens with zero attached hydrogens (tertiary/aromatic N) is 9. The number of carbonyl (C=O) groups is 1. The Morgan fingerprint density at radius 1 is 1.06 bits per heavy atom. The van der Waals surface area contributed by atoms with Gasteiger partial charge in [-0.1, -0.05) is 5.11 Å². The van der Waals surface area contributed by atoms with Gasteiger partial charge >= 0.3 is 11.4 Å². The molecule has 26 heteroatoms. The number of nitrogen functional groups attached to an aromatic ring is 1. The Kier molecular flexibility index (Phi) is 16.1. The van der Waals surface area contributed by atoms with E-state index in [1.807, 2.05) is 17.0 Å². The fourth-order valence-corrected chi connectivity index (χ4v) is 8.74. The molecule has 1 aromatic carbocycles. The second-order valence-corrected chi connectivity index (χ2v) is 18.6. The van der Waals surface area contributed by atoms with Crippen molar-refractivity contribution in [3.05, 3.63) is 114 Å². The Morgan fingerprint density at radius 3 is 2.47 bits per heavy atom. The number of azide groups is 1. The SMILES string of the molecule is CC(C)Nc1cccnc1N1CCN(C(=O)c2cc3cc(NS(C)(=O)=O)ccc3[nH]2)CC1.Cc1cn([C@H]2CC(N=[N+]=[N-])[C@@H](CO)O2)c(=O)[nH]c1=O.Nc1ccn([C@@H]2CS[C@H](CO)O2)c(=O)n1. The second-order valence-electron chi connectivity index (χ2n) is 15.7. The largest absolute Gasteiger partial charge is 0.394 e. The van der Waals surface area contributed by atoms with Crippen LogP contribution in [0, 0.1) is 6.92 Å². The molecule has 8 rings (SSSR count). The van der Waals surface area contributed by atoms with Crippen molar-refractivity contribution in [1.29, 1.82) is 0 Å². The fourth-order valence-electron chi connectivity index (χ4n) is 7.26. The molecule has 4 aromatic heterocycles. The minimum absolute atomic E-state index is 0.0572. The predicted octanol–water partition coefficient (Wildman–Crippen LogP) is 1.93. The fraction of sp³-hybridized carbons (Fsp3) is 0.450. The van der Waals surface area contributed by atoms with Crippen LogP contribution in [0.2, 0.25) is 0 Å². The first-order valence-corrected chi connectivity index (χ1v) is 23.6. The maximum Gasteiger partial charge on any atom is 0.351 e. The van der Waals surface area contributed by atoms with E-state index >= 15 is 0 Å². The molecule has 1 unspecified atom stereocenters. The zero-order chi connectivity index (χ0) is 47.7. The van der Waals surface area contributed by atoms with Crippen molar-refractivity contribution in [3.8, 4) is 0 Å². The number of fused-ring (bicyclic) bond motifs is 1. The average molecular weight is 953 g/mol. The molecule has 1 amide bonds.